The molecule has 19 heavy (non-hydrogen) atoms. The number of rotatable bonds is 3. The van der Waals surface area contributed by atoms with E-state index >= 15 is 0 Å². The van der Waals surface area contributed by atoms with Crippen LogP contribution in [-0.4, -0.2) is 27.3 Å². The van der Waals surface area contributed by atoms with Crippen molar-refractivity contribution >= 4 is 15.7 Å². The third-order valence-corrected chi connectivity index (χ3v) is 4.17. The van der Waals surface area contributed by atoms with Gasteiger partial charge in [-0.25, -0.2) is 4.83 Å². The van der Waals surface area contributed by atoms with Crippen LogP contribution in [0.4, 0.5) is 0 Å². The molecular formula is C13H18N2O3S. The van der Waals surface area contributed by atoms with Crippen LogP contribution in [0.15, 0.2) is 34.3 Å². The van der Waals surface area contributed by atoms with E-state index in [2.05, 4.69) is 9.93 Å². The summed E-state index contributed by atoms with van der Waals surface area (Å²) in [6.45, 7) is 3.23. The number of nitrogens with one attached hydrogen (secondary N) is 1. The van der Waals surface area contributed by atoms with Crippen LogP contribution in [-0.2, 0) is 14.8 Å². The summed E-state index contributed by atoms with van der Waals surface area (Å²) in [6.07, 6.45) is 2.33. The fourth-order valence-corrected chi connectivity index (χ4v) is 2.65. The average molecular weight is 282 g/mol. The van der Waals surface area contributed by atoms with E-state index in [4.69, 9.17) is 4.74 Å². The molecule has 0 amide bonds. The molecule has 1 saturated heterocycles. The molecular weight excluding hydrogens is 264 g/mol. The molecule has 0 aromatic heterocycles. The van der Waals surface area contributed by atoms with Crippen LogP contribution in [0.25, 0.3) is 0 Å². The van der Waals surface area contributed by atoms with Crippen molar-refractivity contribution in [3.63, 3.8) is 0 Å². The van der Waals surface area contributed by atoms with Crippen molar-refractivity contribution in [1.29, 1.82) is 0 Å². The summed E-state index contributed by atoms with van der Waals surface area (Å²) >= 11 is 0. The second-order valence-corrected chi connectivity index (χ2v) is 6.21. The number of nitrogens with zero attached hydrogens (tertiary/aromatic N) is 1. The van der Waals surface area contributed by atoms with E-state index in [1.807, 2.05) is 6.92 Å². The standard InChI is InChI=1S/C13H18N2O3S/c1-11-4-6-13(7-5-11)19(16,17)15-14-12-3-2-9-18-10-8-12/h4-7,15H,2-3,8-10H2,1H3/b14-12-. The summed E-state index contributed by atoms with van der Waals surface area (Å²) in [4.78, 5) is 2.53. The van der Waals surface area contributed by atoms with Crippen molar-refractivity contribution in [1.82, 2.24) is 4.83 Å². The number of hydrazone groups is 1. The Kier molecular flexibility index (Phi) is 4.55. The average Bonchev–Trinajstić information content (AvgIpc) is 2.65. The molecule has 2 rings (SSSR count). The minimum Gasteiger partial charge on any atom is -0.381 e. The van der Waals surface area contributed by atoms with Gasteiger partial charge in [-0.1, -0.05) is 17.7 Å². The Labute approximate surface area is 113 Å². The van der Waals surface area contributed by atoms with Crippen molar-refractivity contribution in [2.75, 3.05) is 13.2 Å². The van der Waals surface area contributed by atoms with Crippen LogP contribution in [0.5, 0.6) is 0 Å². The van der Waals surface area contributed by atoms with Crippen LogP contribution in [0.3, 0.4) is 0 Å². The molecule has 0 saturated carbocycles. The van der Waals surface area contributed by atoms with Crippen molar-refractivity contribution in [3.8, 4) is 0 Å². The van der Waals surface area contributed by atoms with E-state index in [-0.39, 0.29) is 4.90 Å². The zero-order valence-corrected chi connectivity index (χ0v) is 11.7. The smallest absolute Gasteiger partial charge is 0.276 e. The maximum absolute atomic E-state index is 12.0. The van der Waals surface area contributed by atoms with Gasteiger partial charge >= 0.3 is 0 Å². The van der Waals surface area contributed by atoms with E-state index in [0.717, 1.165) is 24.1 Å². The Morgan fingerprint density at radius 3 is 2.63 bits per heavy atom. The van der Waals surface area contributed by atoms with Crippen LogP contribution in [0.1, 0.15) is 24.8 Å². The molecule has 0 atom stereocenters. The summed E-state index contributed by atoms with van der Waals surface area (Å²) in [6, 6.07) is 6.69. The lowest BCUT2D eigenvalue weighted by Gasteiger charge is -2.06. The van der Waals surface area contributed by atoms with Crippen LogP contribution < -0.4 is 4.83 Å². The predicted molar refractivity (Wildman–Crippen MR) is 73.6 cm³/mol. The van der Waals surface area contributed by atoms with E-state index in [1.165, 1.54) is 0 Å². The normalized spacial score (nSPS) is 19.1. The Morgan fingerprint density at radius 1 is 1.16 bits per heavy atom. The fourth-order valence-electron chi connectivity index (χ4n) is 1.80. The highest BCUT2D eigenvalue weighted by molar-refractivity contribution is 7.89. The quantitative estimate of drug-likeness (QED) is 0.860. The first-order chi connectivity index (χ1) is 9.08. The van der Waals surface area contributed by atoms with Gasteiger partial charge in [0.05, 0.1) is 11.5 Å². The van der Waals surface area contributed by atoms with Crippen LogP contribution >= 0.6 is 0 Å². The monoisotopic (exact) mass is 282 g/mol. The van der Waals surface area contributed by atoms with Gasteiger partial charge in [0.1, 0.15) is 0 Å². The summed E-state index contributed by atoms with van der Waals surface area (Å²) in [5.41, 5.74) is 1.86. The van der Waals surface area contributed by atoms with E-state index < -0.39 is 10.0 Å². The van der Waals surface area contributed by atoms with E-state index in [0.29, 0.717) is 19.6 Å². The third kappa shape index (κ3) is 4.04. The van der Waals surface area contributed by atoms with Gasteiger partial charge in [-0.2, -0.15) is 13.5 Å². The Balaban J connectivity index is 2.08. The molecule has 0 aliphatic carbocycles. The molecule has 104 valence electrons. The molecule has 1 aliphatic heterocycles. The first-order valence-corrected chi connectivity index (χ1v) is 7.78. The van der Waals surface area contributed by atoms with Gasteiger partial charge in [0.2, 0.25) is 0 Å². The lowest BCUT2D eigenvalue weighted by Crippen LogP contribution is -2.20. The van der Waals surface area contributed by atoms with Crippen LogP contribution in [0, 0.1) is 6.92 Å². The zero-order valence-electron chi connectivity index (χ0n) is 10.9. The molecule has 1 heterocycles. The minimum atomic E-state index is -3.57. The minimum absolute atomic E-state index is 0.229. The largest absolute Gasteiger partial charge is 0.381 e. The number of benzene rings is 1. The predicted octanol–water partition coefficient (Wildman–Crippen LogP) is 1.83. The van der Waals surface area contributed by atoms with Crippen molar-refractivity contribution in [2.24, 2.45) is 5.10 Å². The summed E-state index contributed by atoms with van der Waals surface area (Å²) in [5.74, 6) is 0. The number of ether oxygens (including phenoxy) is 1. The van der Waals surface area contributed by atoms with Gasteiger partial charge in [-0.05, 0) is 31.9 Å². The molecule has 6 heteroatoms. The summed E-state index contributed by atoms with van der Waals surface area (Å²) < 4.78 is 29.3. The molecule has 1 fully saturated rings. The first kappa shape index (κ1) is 14.0. The molecule has 5 nitrogen and oxygen atoms in total. The molecule has 0 bridgehead atoms. The highest BCUT2D eigenvalue weighted by Crippen LogP contribution is 2.10. The molecule has 1 aromatic carbocycles. The molecule has 1 aliphatic rings. The molecule has 1 N–H and O–H groups in total. The van der Waals surface area contributed by atoms with Gasteiger partial charge in [0, 0.05) is 18.7 Å². The van der Waals surface area contributed by atoms with Crippen LogP contribution in [0.2, 0.25) is 0 Å². The third-order valence-electron chi connectivity index (χ3n) is 2.94. The lowest BCUT2D eigenvalue weighted by molar-refractivity contribution is 0.147. The summed E-state index contributed by atoms with van der Waals surface area (Å²) in [5, 5.41) is 4.01. The number of hydrogen-bond acceptors (Lipinski definition) is 4. The molecule has 1 aromatic rings. The van der Waals surface area contributed by atoms with Gasteiger partial charge in [0.15, 0.2) is 0 Å². The number of aryl methyl sites for hydroxylation is 1. The highest BCUT2D eigenvalue weighted by atomic mass is 32.2. The zero-order chi connectivity index (χ0) is 13.7. The Bertz CT molecular complexity index is 540. The first-order valence-electron chi connectivity index (χ1n) is 6.29. The maximum atomic E-state index is 12.0. The van der Waals surface area contributed by atoms with Gasteiger partial charge in [0.25, 0.3) is 10.0 Å². The second kappa shape index (κ2) is 6.16. The maximum Gasteiger partial charge on any atom is 0.276 e. The summed E-state index contributed by atoms with van der Waals surface area (Å²) in [7, 11) is -3.57. The molecule has 0 unspecified atom stereocenters. The van der Waals surface area contributed by atoms with E-state index in [9.17, 15) is 8.42 Å². The van der Waals surface area contributed by atoms with Crippen molar-refractivity contribution < 1.29 is 13.2 Å². The fraction of sp³-hybridized carbons (Fsp3) is 0.462. The Hall–Kier alpha value is -1.40. The highest BCUT2D eigenvalue weighted by Gasteiger charge is 2.13. The van der Waals surface area contributed by atoms with E-state index in [1.54, 1.807) is 24.3 Å². The van der Waals surface area contributed by atoms with Crippen molar-refractivity contribution in [2.45, 2.75) is 31.1 Å². The molecule has 0 spiro atoms. The second-order valence-electron chi connectivity index (χ2n) is 4.55. The topological polar surface area (TPSA) is 67.8 Å². The number of hydrogen-bond donors (Lipinski definition) is 1. The van der Waals surface area contributed by atoms with Gasteiger partial charge < -0.3 is 4.74 Å². The lowest BCUT2D eigenvalue weighted by atomic mass is 10.2. The molecule has 0 radical (unpaired) electrons. The Morgan fingerprint density at radius 2 is 1.89 bits per heavy atom. The van der Waals surface area contributed by atoms with Gasteiger partial charge in [-0.3, -0.25) is 0 Å². The number of sulfonamides is 1. The SMILES string of the molecule is Cc1ccc(S(=O)(=O)N/N=C2/CCCOCC2)cc1. The van der Waals surface area contributed by atoms with Gasteiger partial charge in [-0.15, -0.1) is 0 Å². The van der Waals surface area contributed by atoms with Crippen molar-refractivity contribution in [3.05, 3.63) is 29.8 Å².